The lowest BCUT2D eigenvalue weighted by molar-refractivity contribution is 0.0715. The number of rotatable bonds is 1. The van der Waals surface area contributed by atoms with Crippen molar-refractivity contribution in [2.45, 2.75) is 19.3 Å². The van der Waals surface area contributed by atoms with Crippen LogP contribution in [0.4, 0.5) is 0 Å². The standard InChI is InChI=1S/C15H17ClN2O/c1-17-13-7-5-6-12(16)11(13)10-14(17)15(19)18-8-3-2-4-9-18/h5-7,10H,2-4,8-9H2,1H3. The van der Waals surface area contributed by atoms with Crippen molar-refractivity contribution < 1.29 is 4.79 Å². The Morgan fingerprint density at radius 2 is 1.95 bits per heavy atom. The quantitative estimate of drug-likeness (QED) is 0.783. The van der Waals surface area contributed by atoms with E-state index in [1.807, 2.05) is 40.8 Å². The monoisotopic (exact) mass is 276 g/mol. The zero-order valence-electron chi connectivity index (χ0n) is 11.0. The van der Waals surface area contributed by atoms with Gasteiger partial charge in [0.15, 0.2) is 0 Å². The molecular formula is C15H17ClN2O. The third kappa shape index (κ3) is 2.12. The number of aryl methyl sites for hydroxylation is 1. The molecule has 0 spiro atoms. The molecule has 2 aromatic rings. The summed E-state index contributed by atoms with van der Waals surface area (Å²) in [6.07, 6.45) is 3.44. The fourth-order valence-electron chi connectivity index (χ4n) is 2.79. The molecule has 100 valence electrons. The molecule has 0 saturated carbocycles. The second-order valence-electron chi connectivity index (χ2n) is 5.11. The molecule has 0 aliphatic carbocycles. The minimum absolute atomic E-state index is 0.120. The maximum absolute atomic E-state index is 12.6. The summed E-state index contributed by atoms with van der Waals surface area (Å²) in [6, 6.07) is 7.68. The van der Waals surface area contributed by atoms with E-state index in [4.69, 9.17) is 11.6 Å². The van der Waals surface area contributed by atoms with Gasteiger partial charge in [-0.2, -0.15) is 0 Å². The van der Waals surface area contributed by atoms with Crippen molar-refractivity contribution in [3.8, 4) is 0 Å². The first-order chi connectivity index (χ1) is 9.18. The zero-order chi connectivity index (χ0) is 13.4. The van der Waals surface area contributed by atoms with Crippen LogP contribution >= 0.6 is 11.6 Å². The van der Waals surface area contributed by atoms with Gasteiger partial charge in [0.1, 0.15) is 5.69 Å². The number of amides is 1. The summed E-state index contributed by atoms with van der Waals surface area (Å²) in [5.74, 6) is 0.120. The molecule has 2 heterocycles. The average Bonchev–Trinajstić information content (AvgIpc) is 2.78. The molecule has 1 amide bonds. The molecule has 1 aliphatic heterocycles. The smallest absolute Gasteiger partial charge is 0.270 e. The Morgan fingerprint density at radius 3 is 2.63 bits per heavy atom. The highest BCUT2D eigenvalue weighted by atomic mass is 35.5. The van der Waals surface area contributed by atoms with Gasteiger partial charge in [0.05, 0.1) is 0 Å². The number of fused-ring (bicyclic) bond motifs is 1. The number of benzene rings is 1. The Bertz CT molecular complexity index is 626. The third-order valence-corrected chi connectivity index (χ3v) is 4.23. The molecule has 1 aromatic heterocycles. The predicted octanol–water partition coefficient (Wildman–Crippen LogP) is 3.46. The molecule has 1 aliphatic rings. The number of aromatic nitrogens is 1. The van der Waals surface area contributed by atoms with Gasteiger partial charge >= 0.3 is 0 Å². The van der Waals surface area contributed by atoms with Gasteiger partial charge in [0.25, 0.3) is 5.91 Å². The number of nitrogens with zero attached hydrogens (tertiary/aromatic N) is 2. The van der Waals surface area contributed by atoms with Crippen molar-refractivity contribution in [2.75, 3.05) is 13.1 Å². The summed E-state index contributed by atoms with van der Waals surface area (Å²) in [6.45, 7) is 1.74. The normalized spacial score (nSPS) is 16.0. The highest BCUT2D eigenvalue weighted by molar-refractivity contribution is 6.35. The molecule has 3 nitrogen and oxygen atoms in total. The molecular weight excluding hydrogens is 260 g/mol. The highest BCUT2D eigenvalue weighted by Gasteiger charge is 2.22. The van der Waals surface area contributed by atoms with Crippen LogP contribution in [0.2, 0.25) is 5.02 Å². The van der Waals surface area contributed by atoms with Crippen LogP contribution in [0, 0.1) is 0 Å². The summed E-state index contributed by atoms with van der Waals surface area (Å²) in [4.78, 5) is 14.5. The predicted molar refractivity (Wildman–Crippen MR) is 77.7 cm³/mol. The number of halogens is 1. The Morgan fingerprint density at radius 1 is 1.21 bits per heavy atom. The van der Waals surface area contributed by atoms with Crippen molar-refractivity contribution in [1.82, 2.24) is 9.47 Å². The Hall–Kier alpha value is -1.48. The van der Waals surface area contributed by atoms with Crippen LogP contribution in [-0.4, -0.2) is 28.5 Å². The molecule has 0 atom stereocenters. The van der Waals surface area contributed by atoms with Crippen molar-refractivity contribution in [1.29, 1.82) is 0 Å². The van der Waals surface area contributed by atoms with Crippen molar-refractivity contribution >= 4 is 28.4 Å². The Kier molecular flexibility index (Phi) is 3.23. The summed E-state index contributed by atoms with van der Waals surface area (Å²) in [5, 5.41) is 1.65. The third-order valence-electron chi connectivity index (χ3n) is 3.90. The van der Waals surface area contributed by atoms with Gasteiger partial charge in [-0.15, -0.1) is 0 Å². The fourth-order valence-corrected chi connectivity index (χ4v) is 3.01. The van der Waals surface area contributed by atoms with Gasteiger partial charge < -0.3 is 9.47 Å². The van der Waals surface area contributed by atoms with E-state index in [0.717, 1.165) is 42.5 Å². The molecule has 0 N–H and O–H groups in total. The molecule has 19 heavy (non-hydrogen) atoms. The summed E-state index contributed by atoms with van der Waals surface area (Å²) in [7, 11) is 1.93. The molecule has 4 heteroatoms. The molecule has 0 radical (unpaired) electrons. The molecule has 1 aromatic carbocycles. The molecule has 1 saturated heterocycles. The summed E-state index contributed by atoms with van der Waals surface area (Å²) < 4.78 is 1.94. The number of carbonyl (C=O) groups excluding carboxylic acids is 1. The zero-order valence-corrected chi connectivity index (χ0v) is 11.8. The largest absolute Gasteiger partial charge is 0.340 e. The van der Waals surface area contributed by atoms with Crippen molar-refractivity contribution in [2.24, 2.45) is 7.05 Å². The Labute approximate surface area is 117 Å². The first-order valence-electron chi connectivity index (χ1n) is 6.71. The SMILES string of the molecule is Cn1c(C(=O)N2CCCCC2)cc2c(Cl)cccc21. The molecule has 0 bridgehead atoms. The Balaban J connectivity index is 2.02. The average molecular weight is 277 g/mol. The van der Waals surface area contributed by atoms with Crippen LogP contribution in [0.3, 0.4) is 0 Å². The number of hydrogen-bond acceptors (Lipinski definition) is 1. The lowest BCUT2D eigenvalue weighted by Gasteiger charge is -2.26. The van der Waals surface area contributed by atoms with E-state index in [0.29, 0.717) is 5.02 Å². The van der Waals surface area contributed by atoms with E-state index >= 15 is 0 Å². The molecule has 3 rings (SSSR count). The molecule has 0 unspecified atom stereocenters. The van der Waals surface area contributed by atoms with Gasteiger partial charge in [0.2, 0.25) is 0 Å². The second-order valence-corrected chi connectivity index (χ2v) is 5.52. The van der Waals surface area contributed by atoms with Crippen LogP contribution in [0.1, 0.15) is 29.8 Å². The lowest BCUT2D eigenvalue weighted by atomic mass is 10.1. The number of likely N-dealkylation sites (tertiary alicyclic amines) is 1. The minimum atomic E-state index is 0.120. The second kappa shape index (κ2) is 4.89. The maximum atomic E-state index is 12.6. The van der Waals surface area contributed by atoms with Gasteiger partial charge in [-0.3, -0.25) is 4.79 Å². The van der Waals surface area contributed by atoms with Crippen molar-refractivity contribution in [3.63, 3.8) is 0 Å². The van der Waals surface area contributed by atoms with Crippen molar-refractivity contribution in [3.05, 3.63) is 35.0 Å². The first kappa shape index (κ1) is 12.5. The highest BCUT2D eigenvalue weighted by Crippen LogP contribution is 2.27. The first-order valence-corrected chi connectivity index (χ1v) is 7.09. The topological polar surface area (TPSA) is 25.2 Å². The van der Waals surface area contributed by atoms with E-state index < -0.39 is 0 Å². The van der Waals surface area contributed by atoms with Crippen LogP contribution in [0.15, 0.2) is 24.3 Å². The van der Waals surface area contributed by atoms with Gasteiger partial charge in [-0.1, -0.05) is 17.7 Å². The lowest BCUT2D eigenvalue weighted by Crippen LogP contribution is -2.36. The minimum Gasteiger partial charge on any atom is -0.340 e. The molecule has 1 fully saturated rings. The van der Waals surface area contributed by atoms with E-state index in [-0.39, 0.29) is 5.91 Å². The van der Waals surface area contributed by atoms with E-state index in [1.165, 1.54) is 6.42 Å². The van der Waals surface area contributed by atoms with Crippen LogP contribution in [0.25, 0.3) is 10.9 Å². The maximum Gasteiger partial charge on any atom is 0.270 e. The summed E-state index contributed by atoms with van der Waals surface area (Å²) in [5.41, 5.74) is 1.73. The number of carbonyl (C=O) groups is 1. The number of piperidine rings is 1. The van der Waals surface area contributed by atoms with E-state index in [9.17, 15) is 4.79 Å². The van der Waals surface area contributed by atoms with Gasteiger partial charge in [0, 0.05) is 36.1 Å². The van der Waals surface area contributed by atoms with E-state index in [2.05, 4.69) is 0 Å². The summed E-state index contributed by atoms with van der Waals surface area (Å²) >= 11 is 6.19. The van der Waals surface area contributed by atoms with E-state index in [1.54, 1.807) is 0 Å². The van der Waals surface area contributed by atoms with Crippen LogP contribution in [0.5, 0.6) is 0 Å². The number of hydrogen-bond donors (Lipinski definition) is 0. The van der Waals surface area contributed by atoms with Gasteiger partial charge in [-0.05, 0) is 37.5 Å². The van der Waals surface area contributed by atoms with Crippen LogP contribution < -0.4 is 0 Å². The fraction of sp³-hybridized carbons (Fsp3) is 0.400. The van der Waals surface area contributed by atoms with Crippen LogP contribution in [-0.2, 0) is 7.05 Å². The van der Waals surface area contributed by atoms with Gasteiger partial charge in [-0.25, -0.2) is 0 Å².